The van der Waals surface area contributed by atoms with Gasteiger partial charge in [0.15, 0.2) is 17.8 Å². The summed E-state index contributed by atoms with van der Waals surface area (Å²) in [5.74, 6) is -1.90. The van der Waals surface area contributed by atoms with E-state index in [9.17, 15) is 50.8 Å². The van der Waals surface area contributed by atoms with Crippen molar-refractivity contribution in [3.63, 3.8) is 0 Å². The van der Waals surface area contributed by atoms with Crippen molar-refractivity contribution < 1.29 is 69.3 Å². The quantitative estimate of drug-likeness (QED) is 0.147. The maximum absolute atomic E-state index is 13.3. The molecule has 9 N–H and O–H groups in total. The summed E-state index contributed by atoms with van der Waals surface area (Å²) in [4.78, 5) is 13.3. The Morgan fingerprint density at radius 3 is 2.35 bits per heavy atom. The van der Waals surface area contributed by atoms with Crippen molar-refractivity contribution >= 4 is 21.9 Å². The number of methoxy groups -OCH3 is 1. The average molecular weight is 568 g/mol. The van der Waals surface area contributed by atoms with E-state index >= 15 is 0 Å². The van der Waals surface area contributed by atoms with E-state index in [0.717, 1.165) is 12.1 Å². The first-order valence-electron chi connectivity index (χ1n) is 12.1. The van der Waals surface area contributed by atoms with E-state index in [2.05, 4.69) is 0 Å². The summed E-state index contributed by atoms with van der Waals surface area (Å²) < 4.78 is 26.8. The molecule has 2 aliphatic rings. The van der Waals surface area contributed by atoms with Gasteiger partial charge >= 0.3 is 0 Å². The fourth-order valence-corrected chi connectivity index (χ4v) is 4.91. The smallest absolute Gasteiger partial charge is 0.204 e. The molecule has 0 spiro atoms. The topological polar surface area (TPSA) is 249 Å². The molecule has 218 valence electrons. The minimum atomic E-state index is -1.98. The molecule has 15 nitrogen and oxygen atoms in total. The lowest BCUT2D eigenvalue weighted by molar-refractivity contribution is -0.253. The molecule has 0 amide bonds. The van der Waals surface area contributed by atoms with Gasteiger partial charge in [0.25, 0.3) is 0 Å². The van der Waals surface area contributed by atoms with Gasteiger partial charge in [0.05, 0.1) is 37.9 Å². The number of ether oxygens (including phenoxy) is 4. The lowest BCUT2D eigenvalue weighted by atomic mass is 9.89. The molecule has 1 aromatic heterocycles. The second-order valence-corrected chi connectivity index (χ2v) is 9.77. The van der Waals surface area contributed by atoms with Crippen LogP contribution in [0, 0.1) is 0 Å². The van der Waals surface area contributed by atoms with E-state index in [0.29, 0.717) is 0 Å². The number of phenols is 3. The number of aromatic hydroxyl groups is 3. The number of aliphatic hydroxyl groups excluding tert-OH is 5. The molecule has 40 heavy (non-hydrogen) atoms. The molecule has 2 fully saturated rings. The van der Waals surface area contributed by atoms with Gasteiger partial charge in [-0.1, -0.05) is 0 Å². The van der Waals surface area contributed by atoms with Crippen LogP contribution in [0.2, 0.25) is 0 Å². The van der Waals surface area contributed by atoms with Crippen molar-refractivity contribution in [2.75, 3.05) is 26.9 Å². The minimum absolute atomic E-state index is 0.0441. The Labute approximate surface area is 224 Å². The average Bonchev–Trinajstić information content (AvgIpc) is 3.21. The van der Waals surface area contributed by atoms with Crippen LogP contribution in [0.25, 0.3) is 21.9 Å². The molecule has 7 unspecified atom stereocenters. The third-order valence-corrected chi connectivity index (χ3v) is 7.26. The third kappa shape index (κ3) is 4.41. The largest absolute Gasteiger partial charge is 0.507 e. The number of hydrogen-bond donors (Lipinski definition) is 9. The molecule has 3 aromatic rings. The molecule has 15 heteroatoms. The van der Waals surface area contributed by atoms with Crippen LogP contribution >= 0.6 is 0 Å². The van der Waals surface area contributed by atoms with E-state index < -0.39 is 96.2 Å². The summed E-state index contributed by atoms with van der Waals surface area (Å²) in [6, 6.07) is 3.29. The first kappa shape index (κ1) is 28.3. The van der Waals surface area contributed by atoms with Gasteiger partial charge in [-0.15, -0.1) is 0 Å². The van der Waals surface area contributed by atoms with Crippen molar-refractivity contribution in [3.8, 4) is 23.0 Å². The monoisotopic (exact) mass is 568 g/mol. The van der Waals surface area contributed by atoms with Crippen LogP contribution in [-0.2, 0) is 14.2 Å². The molecular formula is C25H28O15. The minimum Gasteiger partial charge on any atom is -0.507 e. The predicted molar refractivity (Wildman–Crippen MR) is 131 cm³/mol. The van der Waals surface area contributed by atoms with Crippen molar-refractivity contribution in [3.05, 3.63) is 34.0 Å². The van der Waals surface area contributed by atoms with Crippen LogP contribution < -0.4 is 10.2 Å². The zero-order valence-electron chi connectivity index (χ0n) is 20.9. The van der Waals surface area contributed by atoms with Crippen molar-refractivity contribution in [1.82, 2.24) is 0 Å². The second kappa shape index (κ2) is 10.3. The highest BCUT2D eigenvalue weighted by Gasteiger charge is 2.50. The number of benzene rings is 2. The number of rotatable bonds is 6. The molecule has 2 saturated heterocycles. The maximum atomic E-state index is 13.3. The summed E-state index contributed by atoms with van der Waals surface area (Å²) >= 11 is 0. The van der Waals surface area contributed by atoms with Crippen molar-refractivity contribution in [1.29, 1.82) is 0 Å². The molecule has 0 bridgehead atoms. The molecule has 3 heterocycles. The molecule has 2 aliphatic heterocycles. The summed E-state index contributed by atoms with van der Waals surface area (Å²) in [6.07, 6.45) is -11.8. The molecule has 8 atom stereocenters. The summed E-state index contributed by atoms with van der Waals surface area (Å²) in [6.45, 7) is -1.84. The van der Waals surface area contributed by atoms with Crippen molar-refractivity contribution in [2.24, 2.45) is 0 Å². The summed E-state index contributed by atoms with van der Waals surface area (Å²) in [5, 5.41) is 92.6. The normalized spacial score (nSPS) is 32.6. The maximum Gasteiger partial charge on any atom is 0.204 e. The SMILES string of the molecule is COc1cc2c(=O)c3c(O)c(C4OC(COC5OC[C@](O)(CO)C5O)C(O)C(O)C4O)c(O)cc3oc2cc1O. The number of hydrogen-bond acceptors (Lipinski definition) is 15. The van der Waals surface area contributed by atoms with E-state index in [4.69, 9.17) is 23.4 Å². The number of fused-ring (bicyclic) bond motifs is 2. The lowest BCUT2D eigenvalue weighted by Crippen LogP contribution is -2.56. The predicted octanol–water partition coefficient (Wildman–Crippen LogP) is -1.95. The van der Waals surface area contributed by atoms with Gasteiger partial charge in [0.1, 0.15) is 70.3 Å². The van der Waals surface area contributed by atoms with Crippen LogP contribution in [0.5, 0.6) is 23.0 Å². The highest BCUT2D eigenvalue weighted by Crippen LogP contribution is 2.45. The zero-order chi connectivity index (χ0) is 29.1. The highest BCUT2D eigenvalue weighted by molar-refractivity contribution is 5.96. The van der Waals surface area contributed by atoms with E-state index in [-0.39, 0.29) is 28.1 Å². The highest BCUT2D eigenvalue weighted by atomic mass is 16.7. The van der Waals surface area contributed by atoms with Crippen LogP contribution in [0.1, 0.15) is 11.7 Å². The van der Waals surface area contributed by atoms with Gasteiger partial charge in [0, 0.05) is 12.1 Å². The Morgan fingerprint density at radius 2 is 1.70 bits per heavy atom. The van der Waals surface area contributed by atoms with E-state index in [1.54, 1.807) is 0 Å². The van der Waals surface area contributed by atoms with Crippen LogP contribution in [0.4, 0.5) is 0 Å². The first-order valence-corrected chi connectivity index (χ1v) is 12.1. The Hall–Kier alpha value is -3.25. The summed E-state index contributed by atoms with van der Waals surface area (Å²) in [7, 11) is 1.27. The Kier molecular flexibility index (Phi) is 7.28. The molecule has 0 radical (unpaired) electrons. The zero-order valence-corrected chi connectivity index (χ0v) is 20.9. The molecule has 0 saturated carbocycles. The van der Waals surface area contributed by atoms with Gasteiger partial charge < -0.3 is 69.3 Å². The lowest BCUT2D eigenvalue weighted by Gasteiger charge is -2.41. The van der Waals surface area contributed by atoms with Gasteiger partial charge in [-0.2, -0.15) is 0 Å². The molecule has 2 aromatic carbocycles. The van der Waals surface area contributed by atoms with Gasteiger partial charge in [0.2, 0.25) is 5.43 Å². The van der Waals surface area contributed by atoms with E-state index in [1.807, 2.05) is 0 Å². The van der Waals surface area contributed by atoms with Gasteiger partial charge in [-0.05, 0) is 6.07 Å². The Bertz CT molecular complexity index is 1490. The molecule has 0 aliphatic carbocycles. The molecular weight excluding hydrogens is 540 g/mol. The van der Waals surface area contributed by atoms with Gasteiger partial charge in [-0.25, -0.2) is 0 Å². The first-order chi connectivity index (χ1) is 18.9. The number of phenolic OH excluding ortho intramolecular Hbond substituents is 3. The second-order valence-electron chi connectivity index (χ2n) is 9.77. The molecule has 5 rings (SSSR count). The van der Waals surface area contributed by atoms with Crippen molar-refractivity contribution in [2.45, 2.75) is 48.5 Å². The van der Waals surface area contributed by atoms with Crippen LogP contribution in [0.15, 0.2) is 27.4 Å². The fraction of sp³-hybridized carbons (Fsp3) is 0.480. The Morgan fingerprint density at radius 1 is 1.00 bits per heavy atom. The van der Waals surface area contributed by atoms with Crippen LogP contribution in [0.3, 0.4) is 0 Å². The van der Waals surface area contributed by atoms with Crippen LogP contribution in [-0.4, -0.2) is 115 Å². The van der Waals surface area contributed by atoms with Gasteiger partial charge in [-0.3, -0.25) is 4.79 Å². The Balaban J connectivity index is 1.51. The fourth-order valence-electron chi connectivity index (χ4n) is 4.91. The third-order valence-electron chi connectivity index (χ3n) is 7.26. The summed E-state index contributed by atoms with van der Waals surface area (Å²) in [5.41, 5.74) is -3.60. The number of aliphatic hydroxyl groups is 6. The van der Waals surface area contributed by atoms with E-state index in [1.165, 1.54) is 13.2 Å². The standard InChI is InChI=1S/C25H28O15/c1-36-12-2-8-11(3-9(12)27)39-13-4-10(28)15(19(31)16(13)17(8)29)22-21(33)20(32)18(30)14(40-22)5-37-24-23(34)25(35,6-26)7-38-24/h2-4,14,18,20-24,26-28,30-35H,5-7H2,1H3/t14?,18?,20?,21?,22?,23?,24?,25-/m1/s1.